The van der Waals surface area contributed by atoms with Crippen LogP contribution >= 0.6 is 34.5 Å². The number of nitrogens with zero attached hydrogens (tertiary/aromatic N) is 1. The number of carbonyl (C=O) groups is 2. The van der Waals surface area contributed by atoms with E-state index in [1.165, 1.54) is 11.3 Å². The fourth-order valence-electron chi connectivity index (χ4n) is 1.72. The van der Waals surface area contributed by atoms with Crippen LogP contribution in [0.3, 0.4) is 0 Å². The van der Waals surface area contributed by atoms with Gasteiger partial charge >= 0.3 is 5.97 Å². The number of esters is 1. The average molecular weight is 389 g/mol. The summed E-state index contributed by atoms with van der Waals surface area (Å²) in [4.78, 5) is 27.4. The van der Waals surface area contributed by atoms with Crippen molar-refractivity contribution in [2.24, 2.45) is 0 Å². The van der Waals surface area contributed by atoms with Crippen LogP contribution in [0.5, 0.6) is 5.75 Å². The van der Waals surface area contributed by atoms with Gasteiger partial charge in [-0.3, -0.25) is 14.9 Å². The largest absolute Gasteiger partial charge is 0.481 e. The molecule has 0 saturated heterocycles. The standard InChI is InChI=1S/C15H14Cl2N2O4S/c1-2-22-13(21)6-9-8-24-15(18-9)19-12(20)7-23-14-10(16)4-3-5-11(14)17/h3-5,8H,2,6-7H2,1H3,(H,18,19,20). The fourth-order valence-corrected chi connectivity index (χ4v) is 2.95. The molecule has 0 spiro atoms. The molecular formula is C15H14Cl2N2O4S. The Bertz CT molecular complexity index is 716. The molecule has 2 aromatic rings. The molecule has 0 aliphatic carbocycles. The van der Waals surface area contributed by atoms with Crippen molar-refractivity contribution in [2.45, 2.75) is 13.3 Å². The highest BCUT2D eigenvalue weighted by Gasteiger charge is 2.12. The predicted molar refractivity (Wildman–Crippen MR) is 93.0 cm³/mol. The Balaban J connectivity index is 1.87. The number of rotatable bonds is 7. The number of para-hydroxylation sites is 1. The zero-order valence-electron chi connectivity index (χ0n) is 12.7. The number of carbonyl (C=O) groups excluding carboxylic acids is 2. The second-order valence-corrected chi connectivity index (χ2v) is 6.19. The first-order chi connectivity index (χ1) is 11.5. The molecule has 1 aromatic carbocycles. The lowest BCUT2D eigenvalue weighted by Gasteiger charge is -2.09. The van der Waals surface area contributed by atoms with Crippen molar-refractivity contribution in [2.75, 3.05) is 18.5 Å². The van der Waals surface area contributed by atoms with Crippen molar-refractivity contribution in [3.63, 3.8) is 0 Å². The Labute approximate surface area is 152 Å². The number of thiazole rings is 1. The van der Waals surface area contributed by atoms with Gasteiger partial charge in [0.2, 0.25) is 0 Å². The number of halogens is 2. The number of hydrogen-bond donors (Lipinski definition) is 1. The Morgan fingerprint density at radius 2 is 2.00 bits per heavy atom. The van der Waals surface area contributed by atoms with E-state index in [1.807, 2.05) is 0 Å². The molecule has 0 unspecified atom stereocenters. The van der Waals surface area contributed by atoms with E-state index in [0.29, 0.717) is 27.5 Å². The third kappa shape index (κ3) is 5.36. The van der Waals surface area contributed by atoms with Crippen LogP contribution in [0.4, 0.5) is 5.13 Å². The molecule has 0 aliphatic heterocycles. The normalized spacial score (nSPS) is 10.3. The first-order valence-electron chi connectivity index (χ1n) is 6.96. The molecule has 0 fully saturated rings. The van der Waals surface area contributed by atoms with Crippen molar-refractivity contribution in [3.8, 4) is 5.75 Å². The summed E-state index contributed by atoms with van der Waals surface area (Å²) < 4.78 is 10.2. The number of aromatic nitrogens is 1. The highest BCUT2D eigenvalue weighted by molar-refractivity contribution is 7.13. The van der Waals surface area contributed by atoms with Crippen molar-refractivity contribution in [3.05, 3.63) is 39.3 Å². The monoisotopic (exact) mass is 388 g/mol. The molecule has 1 amide bonds. The molecule has 2 rings (SSSR count). The average Bonchev–Trinajstić information content (AvgIpc) is 2.93. The van der Waals surface area contributed by atoms with E-state index in [-0.39, 0.29) is 24.7 Å². The zero-order valence-corrected chi connectivity index (χ0v) is 15.0. The van der Waals surface area contributed by atoms with Crippen LogP contribution in [0, 0.1) is 0 Å². The first-order valence-corrected chi connectivity index (χ1v) is 8.59. The van der Waals surface area contributed by atoms with E-state index in [2.05, 4.69) is 10.3 Å². The van der Waals surface area contributed by atoms with Gasteiger partial charge in [0.15, 0.2) is 17.5 Å². The third-order valence-corrected chi connectivity index (χ3v) is 4.10. The lowest BCUT2D eigenvalue weighted by Crippen LogP contribution is -2.20. The maximum Gasteiger partial charge on any atom is 0.311 e. The van der Waals surface area contributed by atoms with Gasteiger partial charge in [-0.1, -0.05) is 29.3 Å². The quantitative estimate of drug-likeness (QED) is 0.733. The Morgan fingerprint density at radius 3 is 2.67 bits per heavy atom. The molecular weight excluding hydrogens is 375 g/mol. The Kier molecular flexibility index (Phi) is 6.84. The topological polar surface area (TPSA) is 77.5 Å². The molecule has 9 heteroatoms. The van der Waals surface area contributed by atoms with Crippen molar-refractivity contribution < 1.29 is 19.1 Å². The van der Waals surface area contributed by atoms with Crippen LogP contribution < -0.4 is 10.1 Å². The van der Waals surface area contributed by atoms with E-state index >= 15 is 0 Å². The van der Waals surface area contributed by atoms with Crippen LogP contribution in [0.15, 0.2) is 23.6 Å². The maximum absolute atomic E-state index is 11.9. The minimum absolute atomic E-state index is 0.0615. The van der Waals surface area contributed by atoms with E-state index in [4.69, 9.17) is 32.7 Å². The van der Waals surface area contributed by atoms with Crippen LogP contribution in [0.2, 0.25) is 10.0 Å². The summed E-state index contributed by atoms with van der Waals surface area (Å²) in [6.07, 6.45) is 0.0615. The van der Waals surface area contributed by atoms with Gasteiger partial charge in [0.25, 0.3) is 5.91 Å². The van der Waals surface area contributed by atoms with E-state index < -0.39 is 5.91 Å². The SMILES string of the molecule is CCOC(=O)Cc1csc(NC(=O)COc2c(Cl)cccc2Cl)n1. The summed E-state index contributed by atoms with van der Waals surface area (Å²) in [7, 11) is 0. The summed E-state index contributed by atoms with van der Waals surface area (Å²) in [5.74, 6) is -0.529. The lowest BCUT2D eigenvalue weighted by molar-refractivity contribution is -0.142. The van der Waals surface area contributed by atoms with Gasteiger partial charge in [0.05, 0.1) is 28.8 Å². The Hall–Kier alpha value is -1.83. The molecule has 6 nitrogen and oxygen atoms in total. The van der Waals surface area contributed by atoms with Gasteiger partial charge in [-0.25, -0.2) is 4.98 Å². The minimum Gasteiger partial charge on any atom is -0.481 e. The lowest BCUT2D eigenvalue weighted by atomic mass is 10.3. The van der Waals surface area contributed by atoms with E-state index in [0.717, 1.165) is 0 Å². The summed E-state index contributed by atoms with van der Waals surface area (Å²) in [6.45, 7) is 1.78. The molecule has 0 saturated carbocycles. The van der Waals surface area contributed by atoms with Crippen molar-refractivity contribution in [1.82, 2.24) is 4.98 Å². The first kappa shape index (κ1) is 18.5. The second-order valence-electron chi connectivity index (χ2n) is 4.51. The molecule has 128 valence electrons. The summed E-state index contributed by atoms with van der Waals surface area (Å²) in [5.41, 5.74) is 0.531. The molecule has 1 heterocycles. The number of hydrogen-bond acceptors (Lipinski definition) is 6. The van der Waals surface area contributed by atoms with Gasteiger partial charge in [-0.05, 0) is 19.1 Å². The van der Waals surface area contributed by atoms with Crippen LogP contribution in [0.25, 0.3) is 0 Å². The van der Waals surface area contributed by atoms with Gasteiger partial charge in [-0.2, -0.15) is 0 Å². The van der Waals surface area contributed by atoms with Gasteiger partial charge in [-0.15, -0.1) is 11.3 Å². The minimum atomic E-state index is -0.414. The second kappa shape index (κ2) is 8.86. The predicted octanol–water partition coefficient (Wildman–Crippen LogP) is 3.57. The van der Waals surface area contributed by atoms with E-state index in [9.17, 15) is 9.59 Å². The molecule has 24 heavy (non-hydrogen) atoms. The maximum atomic E-state index is 11.9. The summed E-state index contributed by atoms with van der Waals surface area (Å²) in [5, 5.41) is 5.27. The van der Waals surface area contributed by atoms with Gasteiger partial charge in [0, 0.05) is 5.38 Å². The molecule has 1 N–H and O–H groups in total. The third-order valence-electron chi connectivity index (χ3n) is 2.70. The highest BCUT2D eigenvalue weighted by Crippen LogP contribution is 2.32. The van der Waals surface area contributed by atoms with Crippen LogP contribution in [-0.4, -0.2) is 30.1 Å². The van der Waals surface area contributed by atoms with Crippen LogP contribution in [0.1, 0.15) is 12.6 Å². The molecule has 1 aromatic heterocycles. The Morgan fingerprint density at radius 1 is 1.29 bits per heavy atom. The smallest absolute Gasteiger partial charge is 0.311 e. The number of benzene rings is 1. The molecule has 0 radical (unpaired) electrons. The number of amides is 1. The summed E-state index contributed by atoms with van der Waals surface area (Å²) >= 11 is 13.1. The molecule has 0 bridgehead atoms. The summed E-state index contributed by atoms with van der Waals surface area (Å²) in [6, 6.07) is 4.91. The van der Waals surface area contributed by atoms with Crippen molar-refractivity contribution >= 4 is 51.5 Å². The fraction of sp³-hybridized carbons (Fsp3) is 0.267. The number of nitrogens with one attached hydrogen (secondary N) is 1. The van der Waals surface area contributed by atoms with Crippen molar-refractivity contribution in [1.29, 1.82) is 0 Å². The van der Waals surface area contributed by atoms with Crippen LogP contribution in [-0.2, 0) is 20.7 Å². The number of ether oxygens (including phenoxy) is 2. The zero-order chi connectivity index (χ0) is 17.5. The molecule has 0 aliphatic rings. The van der Waals surface area contributed by atoms with E-state index in [1.54, 1.807) is 30.5 Å². The van der Waals surface area contributed by atoms with Gasteiger partial charge < -0.3 is 9.47 Å². The van der Waals surface area contributed by atoms with Gasteiger partial charge in [0.1, 0.15) is 0 Å². The highest BCUT2D eigenvalue weighted by atomic mass is 35.5. The molecule has 0 atom stereocenters. The number of anilines is 1.